The van der Waals surface area contributed by atoms with Crippen LogP contribution < -0.4 is 10.1 Å². The summed E-state index contributed by atoms with van der Waals surface area (Å²) in [5, 5.41) is 2.39. The van der Waals surface area contributed by atoms with Gasteiger partial charge in [0, 0.05) is 0 Å². The van der Waals surface area contributed by atoms with Crippen molar-refractivity contribution < 1.29 is 14.3 Å². The molecule has 0 radical (unpaired) electrons. The van der Waals surface area contributed by atoms with Gasteiger partial charge in [-0.1, -0.05) is 19.9 Å². The third-order valence-electron chi connectivity index (χ3n) is 6.63. The van der Waals surface area contributed by atoms with Crippen LogP contribution in [-0.2, 0) is 0 Å². The molecule has 0 aromatic heterocycles. The predicted molar refractivity (Wildman–Crippen MR) is 89.0 cm³/mol. The zero-order valence-corrected chi connectivity index (χ0v) is 14.3. The standard InChI is InChI=1S/C20H23NO3/c1-18-6-12-7-19(2,9-18)11-20(8-12,10-18)24-14-5-3-4-13-15(14)17(23)21-16(13)22/h3-5,12H,6-11H2,1-2H3,(H,21,22,23). The first-order valence-corrected chi connectivity index (χ1v) is 8.97. The molecule has 126 valence electrons. The van der Waals surface area contributed by atoms with E-state index in [1.807, 2.05) is 12.1 Å². The highest BCUT2D eigenvalue weighted by Gasteiger charge is 2.61. The molecule has 6 rings (SSSR count). The number of carbonyl (C=O) groups is 2. The minimum Gasteiger partial charge on any atom is -0.486 e. The number of carbonyl (C=O) groups excluding carboxylic acids is 2. The summed E-state index contributed by atoms with van der Waals surface area (Å²) in [5.41, 5.74) is 1.39. The molecular weight excluding hydrogens is 302 g/mol. The first-order chi connectivity index (χ1) is 11.3. The lowest BCUT2D eigenvalue weighted by Crippen LogP contribution is -2.60. The second kappa shape index (κ2) is 4.22. The van der Waals surface area contributed by atoms with Crippen molar-refractivity contribution in [1.82, 2.24) is 5.32 Å². The van der Waals surface area contributed by atoms with Gasteiger partial charge in [0.2, 0.25) is 0 Å². The number of hydrogen-bond donors (Lipinski definition) is 1. The van der Waals surface area contributed by atoms with E-state index >= 15 is 0 Å². The van der Waals surface area contributed by atoms with Crippen LogP contribution in [0.1, 0.15) is 73.1 Å². The summed E-state index contributed by atoms with van der Waals surface area (Å²) in [5.74, 6) is 0.672. The predicted octanol–water partition coefficient (Wildman–Crippen LogP) is 3.70. The second-order valence-electron chi connectivity index (χ2n) is 9.38. The maximum absolute atomic E-state index is 12.2. The topological polar surface area (TPSA) is 55.4 Å². The summed E-state index contributed by atoms with van der Waals surface area (Å²) in [4.78, 5) is 24.1. The SMILES string of the molecule is CC12CC3CC(C)(C1)CC(Oc1cccc4c1C(=O)NC4=O)(C3)C2. The molecule has 4 nitrogen and oxygen atoms in total. The van der Waals surface area contributed by atoms with Crippen molar-refractivity contribution in [2.75, 3.05) is 0 Å². The van der Waals surface area contributed by atoms with Crippen molar-refractivity contribution in [3.05, 3.63) is 29.3 Å². The Morgan fingerprint density at radius 2 is 1.71 bits per heavy atom. The average Bonchev–Trinajstić information content (AvgIpc) is 2.70. The van der Waals surface area contributed by atoms with E-state index in [0.29, 0.717) is 27.7 Å². The molecule has 1 aromatic rings. The summed E-state index contributed by atoms with van der Waals surface area (Å²) >= 11 is 0. The highest BCUT2D eigenvalue weighted by molar-refractivity contribution is 6.22. The number of imide groups is 1. The lowest BCUT2D eigenvalue weighted by molar-refractivity contribution is -0.176. The number of hydrogen-bond acceptors (Lipinski definition) is 3. The van der Waals surface area contributed by atoms with Gasteiger partial charge in [0.05, 0.1) is 11.1 Å². The largest absolute Gasteiger partial charge is 0.486 e. The van der Waals surface area contributed by atoms with Gasteiger partial charge in [0.25, 0.3) is 11.8 Å². The highest BCUT2D eigenvalue weighted by atomic mass is 16.5. The molecule has 1 N–H and O–H groups in total. The quantitative estimate of drug-likeness (QED) is 0.844. The van der Waals surface area contributed by atoms with Crippen molar-refractivity contribution in [3.63, 3.8) is 0 Å². The molecule has 4 bridgehead atoms. The Labute approximate surface area is 142 Å². The van der Waals surface area contributed by atoms with Gasteiger partial charge in [0.1, 0.15) is 11.4 Å². The molecule has 2 unspecified atom stereocenters. The van der Waals surface area contributed by atoms with Crippen LogP contribution in [0.15, 0.2) is 18.2 Å². The average molecular weight is 325 g/mol. The summed E-state index contributed by atoms with van der Waals surface area (Å²) in [6, 6.07) is 5.36. The van der Waals surface area contributed by atoms with E-state index in [1.54, 1.807) is 6.07 Å². The highest BCUT2D eigenvalue weighted by Crippen LogP contribution is 2.67. The van der Waals surface area contributed by atoms with Gasteiger partial charge in [0.15, 0.2) is 0 Å². The third-order valence-corrected chi connectivity index (χ3v) is 6.63. The zero-order valence-electron chi connectivity index (χ0n) is 14.3. The van der Waals surface area contributed by atoms with Crippen LogP contribution in [-0.4, -0.2) is 17.4 Å². The molecular formula is C20H23NO3. The van der Waals surface area contributed by atoms with Gasteiger partial charge in [-0.3, -0.25) is 14.9 Å². The Balaban J connectivity index is 1.56. The fraction of sp³-hybridized carbons (Fsp3) is 0.600. The summed E-state index contributed by atoms with van der Waals surface area (Å²) < 4.78 is 6.59. The van der Waals surface area contributed by atoms with E-state index in [-0.39, 0.29) is 17.4 Å². The molecule has 0 spiro atoms. The molecule has 2 amide bonds. The first kappa shape index (κ1) is 14.5. The fourth-order valence-corrected chi connectivity index (χ4v) is 6.96. The molecule has 1 aromatic carbocycles. The van der Waals surface area contributed by atoms with E-state index in [9.17, 15) is 9.59 Å². The lowest BCUT2D eigenvalue weighted by Gasteiger charge is -2.64. The van der Waals surface area contributed by atoms with E-state index in [4.69, 9.17) is 4.74 Å². The van der Waals surface area contributed by atoms with E-state index in [2.05, 4.69) is 19.2 Å². The van der Waals surface area contributed by atoms with Crippen LogP contribution in [0.2, 0.25) is 0 Å². The van der Waals surface area contributed by atoms with Gasteiger partial charge in [-0.2, -0.15) is 0 Å². The minimum atomic E-state index is -0.326. The minimum absolute atomic E-state index is 0.177. The second-order valence-corrected chi connectivity index (χ2v) is 9.38. The van der Waals surface area contributed by atoms with Crippen molar-refractivity contribution in [2.24, 2.45) is 16.7 Å². The van der Waals surface area contributed by atoms with Crippen molar-refractivity contribution in [2.45, 2.75) is 58.0 Å². The van der Waals surface area contributed by atoms with E-state index in [0.717, 1.165) is 25.2 Å². The monoisotopic (exact) mass is 325 g/mol. The summed E-state index contributed by atoms with van der Waals surface area (Å²) in [6.45, 7) is 4.80. The van der Waals surface area contributed by atoms with E-state index < -0.39 is 0 Å². The number of nitrogens with one attached hydrogen (secondary N) is 1. The third kappa shape index (κ3) is 1.92. The van der Waals surface area contributed by atoms with Gasteiger partial charge >= 0.3 is 0 Å². The zero-order chi connectivity index (χ0) is 16.7. The first-order valence-electron chi connectivity index (χ1n) is 8.97. The van der Waals surface area contributed by atoms with Gasteiger partial charge in [-0.15, -0.1) is 0 Å². The van der Waals surface area contributed by atoms with Crippen LogP contribution in [0.5, 0.6) is 5.75 Å². The number of amides is 2. The molecule has 4 heteroatoms. The Morgan fingerprint density at radius 3 is 2.38 bits per heavy atom. The summed E-state index contributed by atoms with van der Waals surface area (Å²) in [6.07, 6.45) is 7.10. The van der Waals surface area contributed by atoms with Gasteiger partial charge < -0.3 is 4.74 Å². The normalized spacial score (nSPS) is 42.2. The molecule has 4 fully saturated rings. The van der Waals surface area contributed by atoms with Crippen LogP contribution in [0.3, 0.4) is 0 Å². The number of rotatable bonds is 2. The molecule has 2 atom stereocenters. The van der Waals surface area contributed by atoms with Crippen molar-refractivity contribution in [1.29, 1.82) is 0 Å². The Hall–Kier alpha value is -1.84. The van der Waals surface area contributed by atoms with Crippen LogP contribution >= 0.6 is 0 Å². The maximum Gasteiger partial charge on any atom is 0.262 e. The molecule has 4 aliphatic carbocycles. The number of fused-ring (bicyclic) bond motifs is 1. The number of ether oxygens (including phenoxy) is 1. The van der Waals surface area contributed by atoms with Crippen molar-refractivity contribution in [3.8, 4) is 5.75 Å². The molecule has 1 heterocycles. The van der Waals surface area contributed by atoms with E-state index in [1.165, 1.54) is 19.3 Å². The Kier molecular flexibility index (Phi) is 2.55. The lowest BCUT2D eigenvalue weighted by atomic mass is 9.43. The maximum atomic E-state index is 12.2. The Morgan fingerprint density at radius 1 is 1.00 bits per heavy atom. The van der Waals surface area contributed by atoms with Crippen LogP contribution in [0.25, 0.3) is 0 Å². The molecule has 5 aliphatic rings. The van der Waals surface area contributed by atoms with Gasteiger partial charge in [-0.05, 0) is 67.4 Å². The fourth-order valence-electron chi connectivity index (χ4n) is 6.96. The smallest absolute Gasteiger partial charge is 0.262 e. The summed E-state index contributed by atoms with van der Waals surface area (Å²) in [7, 11) is 0. The molecule has 24 heavy (non-hydrogen) atoms. The van der Waals surface area contributed by atoms with Crippen molar-refractivity contribution >= 4 is 11.8 Å². The van der Waals surface area contributed by atoms with Crippen LogP contribution in [0, 0.1) is 16.7 Å². The number of benzene rings is 1. The Bertz CT molecular complexity index is 765. The molecule has 0 saturated heterocycles. The van der Waals surface area contributed by atoms with Crippen LogP contribution in [0.4, 0.5) is 0 Å². The molecule has 1 aliphatic heterocycles. The molecule has 4 saturated carbocycles. The van der Waals surface area contributed by atoms with Gasteiger partial charge in [-0.25, -0.2) is 0 Å².